The Bertz CT molecular complexity index is 638. The number of hydrogen-bond acceptors (Lipinski definition) is 3. The van der Waals surface area contributed by atoms with E-state index in [4.69, 9.17) is 11.6 Å². The number of carboxylic acids is 1. The van der Waals surface area contributed by atoms with Gasteiger partial charge in [0, 0.05) is 15.5 Å². The summed E-state index contributed by atoms with van der Waals surface area (Å²) in [4.78, 5) is 16.9. The highest BCUT2D eigenvalue weighted by Crippen LogP contribution is 2.38. The summed E-state index contributed by atoms with van der Waals surface area (Å²) in [5.41, 5.74) is 1.70. The minimum Gasteiger partial charge on any atom is -0.481 e. The van der Waals surface area contributed by atoms with Crippen LogP contribution in [0.1, 0.15) is 29.3 Å². The summed E-state index contributed by atoms with van der Waals surface area (Å²) in [5.74, 6) is -1.23. The van der Waals surface area contributed by atoms with Crippen LogP contribution in [-0.4, -0.2) is 16.1 Å². The fourth-order valence-electron chi connectivity index (χ4n) is 2.40. The number of aromatic nitrogens is 1. The van der Waals surface area contributed by atoms with Gasteiger partial charge in [-0.1, -0.05) is 23.7 Å². The van der Waals surface area contributed by atoms with Gasteiger partial charge in [-0.3, -0.25) is 4.79 Å². The van der Waals surface area contributed by atoms with Crippen LogP contribution < -0.4 is 0 Å². The van der Waals surface area contributed by atoms with Crippen molar-refractivity contribution >= 4 is 28.9 Å². The zero-order valence-electron chi connectivity index (χ0n) is 10.1. The van der Waals surface area contributed by atoms with Gasteiger partial charge < -0.3 is 5.11 Å². The fraction of sp³-hybridized carbons (Fsp3) is 0.286. The Morgan fingerprint density at radius 1 is 1.47 bits per heavy atom. The van der Waals surface area contributed by atoms with Crippen LogP contribution in [0.3, 0.4) is 0 Å². The molecular formula is C14H12ClNO2S. The van der Waals surface area contributed by atoms with Crippen LogP contribution in [-0.2, 0) is 11.2 Å². The normalized spacial score (nSPS) is 18.1. The highest BCUT2D eigenvalue weighted by atomic mass is 35.5. The van der Waals surface area contributed by atoms with Crippen molar-refractivity contribution in [3.63, 3.8) is 0 Å². The predicted octanol–water partition coefficient (Wildman–Crippen LogP) is 3.97. The number of nitrogens with zero attached hydrogens (tertiary/aromatic N) is 1. The Labute approximate surface area is 119 Å². The molecule has 0 fully saturated rings. The smallest absolute Gasteiger partial charge is 0.312 e. The summed E-state index contributed by atoms with van der Waals surface area (Å²) < 4.78 is 0. The van der Waals surface area contributed by atoms with Crippen LogP contribution in [0.15, 0.2) is 24.3 Å². The number of rotatable bonds is 2. The van der Waals surface area contributed by atoms with Crippen molar-refractivity contribution in [2.75, 3.05) is 0 Å². The van der Waals surface area contributed by atoms with Crippen LogP contribution in [0.5, 0.6) is 0 Å². The van der Waals surface area contributed by atoms with Crippen molar-refractivity contribution < 1.29 is 9.90 Å². The van der Waals surface area contributed by atoms with E-state index >= 15 is 0 Å². The van der Waals surface area contributed by atoms with Gasteiger partial charge in [0.25, 0.3) is 0 Å². The Kier molecular flexibility index (Phi) is 3.29. The highest BCUT2D eigenvalue weighted by Gasteiger charge is 2.30. The van der Waals surface area contributed by atoms with E-state index in [1.165, 1.54) is 0 Å². The van der Waals surface area contributed by atoms with Crippen molar-refractivity contribution in [1.82, 2.24) is 4.98 Å². The van der Waals surface area contributed by atoms with Gasteiger partial charge in [-0.15, -0.1) is 11.3 Å². The van der Waals surface area contributed by atoms with Crippen molar-refractivity contribution in [2.45, 2.75) is 25.2 Å². The van der Waals surface area contributed by atoms with Crippen molar-refractivity contribution in [3.05, 3.63) is 39.9 Å². The van der Waals surface area contributed by atoms with Gasteiger partial charge in [-0.2, -0.15) is 0 Å². The molecule has 98 valence electrons. The number of aliphatic carboxylic acids is 1. The summed E-state index contributed by atoms with van der Waals surface area (Å²) in [6.07, 6.45) is 2.53. The maximum absolute atomic E-state index is 11.3. The average molecular weight is 294 g/mol. The van der Waals surface area contributed by atoms with Crippen LogP contribution >= 0.6 is 22.9 Å². The summed E-state index contributed by atoms with van der Waals surface area (Å²) >= 11 is 7.57. The lowest BCUT2D eigenvalue weighted by atomic mass is 9.91. The molecule has 0 bridgehead atoms. The Hall–Kier alpha value is -1.39. The van der Waals surface area contributed by atoms with E-state index in [9.17, 15) is 9.90 Å². The largest absolute Gasteiger partial charge is 0.481 e. The molecule has 5 heteroatoms. The van der Waals surface area contributed by atoms with Crippen LogP contribution in [0.25, 0.3) is 10.6 Å². The van der Waals surface area contributed by atoms with E-state index in [2.05, 4.69) is 4.98 Å². The number of carboxylic acid groups (broad SMARTS) is 1. The number of aryl methyl sites for hydroxylation is 1. The van der Waals surface area contributed by atoms with E-state index in [-0.39, 0.29) is 0 Å². The van der Waals surface area contributed by atoms with Gasteiger partial charge in [-0.25, -0.2) is 4.98 Å². The number of benzene rings is 1. The van der Waals surface area contributed by atoms with Crippen LogP contribution in [0.2, 0.25) is 5.02 Å². The first-order chi connectivity index (χ1) is 9.15. The zero-order valence-corrected chi connectivity index (χ0v) is 11.7. The molecule has 1 aromatic heterocycles. The highest BCUT2D eigenvalue weighted by molar-refractivity contribution is 7.15. The number of fused-ring (bicyclic) bond motifs is 1. The lowest BCUT2D eigenvalue weighted by Gasteiger charge is -2.16. The Morgan fingerprint density at radius 3 is 3.05 bits per heavy atom. The predicted molar refractivity (Wildman–Crippen MR) is 75.9 cm³/mol. The molecule has 1 atom stereocenters. The van der Waals surface area contributed by atoms with E-state index in [1.807, 2.05) is 24.3 Å². The van der Waals surface area contributed by atoms with Gasteiger partial charge in [-0.05, 0) is 31.4 Å². The Morgan fingerprint density at radius 2 is 2.32 bits per heavy atom. The molecule has 1 unspecified atom stereocenters. The first kappa shape index (κ1) is 12.6. The molecule has 1 heterocycles. The second-order valence-electron chi connectivity index (χ2n) is 4.62. The van der Waals surface area contributed by atoms with Gasteiger partial charge in [0.15, 0.2) is 0 Å². The second kappa shape index (κ2) is 4.94. The quantitative estimate of drug-likeness (QED) is 0.911. The van der Waals surface area contributed by atoms with Gasteiger partial charge in [0.05, 0.1) is 11.6 Å². The molecule has 19 heavy (non-hydrogen) atoms. The monoisotopic (exact) mass is 293 g/mol. The van der Waals surface area contributed by atoms with Gasteiger partial charge in [0.1, 0.15) is 5.01 Å². The lowest BCUT2D eigenvalue weighted by Crippen LogP contribution is -2.17. The summed E-state index contributed by atoms with van der Waals surface area (Å²) in [6, 6.07) is 7.51. The molecule has 1 N–H and O–H groups in total. The lowest BCUT2D eigenvalue weighted by molar-refractivity contribution is -0.139. The second-order valence-corrected chi connectivity index (χ2v) is 6.14. The Balaban J connectivity index is 2.04. The molecule has 0 amide bonds. The molecule has 0 spiro atoms. The third-order valence-electron chi connectivity index (χ3n) is 3.32. The minimum atomic E-state index is -0.774. The topological polar surface area (TPSA) is 50.2 Å². The SMILES string of the molecule is O=C(O)C1CCCc2sc(-c3cccc(Cl)c3)nc21. The molecular weight excluding hydrogens is 282 g/mol. The van der Waals surface area contributed by atoms with Gasteiger partial charge in [0.2, 0.25) is 0 Å². The maximum atomic E-state index is 11.3. The molecule has 1 aliphatic rings. The third kappa shape index (κ3) is 2.38. The fourth-order valence-corrected chi connectivity index (χ4v) is 3.76. The average Bonchev–Trinajstić information content (AvgIpc) is 2.82. The first-order valence-electron chi connectivity index (χ1n) is 6.13. The molecule has 1 aliphatic carbocycles. The van der Waals surface area contributed by atoms with E-state index < -0.39 is 11.9 Å². The summed E-state index contributed by atoms with van der Waals surface area (Å²) in [5, 5.41) is 10.8. The molecule has 0 aliphatic heterocycles. The molecule has 0 saturated heterocycles. The van der Waals surface area contributed by atoms with Crippen LogP contribution in [0, 0.1) is 0 Å². The third-order valence-corrected chi connectivity index (χ3v) is 4.74. The van der Waals surface area contributed by atoms with Crippen LogP contribution in [0.4, 0.5) is 0 Å². The maximum Gasteiger partial charge on any atom is 0.312 e. The number of halogens is 1. The molecule has 2 aromatic rings. The molecule has 0 radical (unpaired) electrons. The summed E-state index contributed by atoms with van der Waals surface area (Å²) in [7, 11) is 0. The van der Waals surface area contributed by atoms with E-state index in [0.29, 0.717) is 11.4 Å². The minimum absolute atomic E-state index is 0.451. The van der Waals surface area contributed by atoms with Gasteiger partial charge >= 0.3 is 5.97 Å². The molecule has 1 aromatic carbocycles. The number of carbonyl (C=O) groups is 1. The molecule has 3 nitrogen and oxygen atoms in total. The standard InChI is InChI=1S/C14H12ClNO2S/c15-9-4-1-3-8(7-9)13-16-12-10(14(17)18)5-2-6-11(12)19-13/h1,3-4,7,10H,2,5-6H2,(H,17,18). The zero-order chi connectivity index (χ0) is 13.4. The molecule has 3 rings (SSSR count). The number of hydrogen-bond donors (Lipinski definition) is 1. The molecule has 0 saturated carbocycles. The first-order valence-corrected chi connectivity index (χ1v) is 7.33. The van der Waals surface area contributed by atoms with E-state index in [1.54, 1.807) is 11.3 Å². The van der Waals surface area contributed by atoms with Crippen molar-refractivity contribution in [1.29, 1.82) is 0 Å². The van der Waals surface area contributed by atoms with Crippen molar-refractivity contribution in [2.24, 2.45) is 0 Å². The van der Waals surface area contributed by atoms with Crippen molar-refractivity contribution in [3.8, 4) is 10.6 Å². The van der Waals surface area contributed by atoms with E-state index in [0.717, 1.165) is 34.0 Å². The number of thiazole rings is 1. The summed E-state index contributed by atoms with van der Waals surface area (Å²) in [6.45, 7) is 0.